The summed E-state index contributed by atoms with van der Waals surface area (Å²) >= 11 is 7.11. The number of thioether (sulfide) groups is 1. The van der Waals surface area contributed by atoms with Gasteiger partial charge >= 0.3 is 11.7 Å². The highest BCUT2D eigenvalue weighted by atomic mass is 35.5. The smallest absolute Gasteiger partial charge is 0.351 e. The summed E-state index contributed by atoms with van der Waals surface area (Å²) in [5.41, 5.74) is 0.307. The van der Waals surface area contributed by atoms with Crippen LogP contribution in [0.2, 0.25) is 5.02 Å². The maximum Gasteiger partial charge on any atom is 0.351 e. The normalized spacial score (nSPS) is 10.8. The highest BCUT2D eigenvalue weighted by Gasteiger charge is 2.13. The minimum absolute atomic E-state index is 0.0320. The first-order valence-corrected chi connectivity index (χ1v) is 9.40. The zero-order valence-corrected chi connectivity index (χ0v) is 16.2. The second-order valence-corrected chi connectivity index (χ2v) is 7.16. The standard InChI is InChI=1S/C18H15ClFN3O4S/c1-11-7-12(5-6-15(11)27-8-16(24)25)28-10-23-18(26)22(9-21-23)14-4-2-3-13(19)17(14)20/h2-7,9H,8,10H2,1H3,(H,24,25). The fourth-order valence-electron chi connectivity index (χ4n) is 2.42. The summed E-state index contributed by atoms with van der Waals surface area (Å²) in [6, 6.07) is 9.65. The first-order chi connectivity index (χ1) is 13.4. The minimum atomic E-state index is -1.05. The Balaban J connectivity index is 1.73. The van der Waals surface area contributed by atoms with E-state index in [0.717, 1.165) is 15.0 Å². The summed E-state index contributed by atoms with van der Waals surface area (Å²) in [5, 5.41) is 12.6. The van der Waals surface area contributed by atoms with Crippen LogP contribution in [0, 0.1) is 12.7 Å². The first-order valence-electron chi connectivity index (χ1n) is 8.03. The number of aryl methyl sites for hydroxylation is 1. The van der Waals surface area contributed by atoms with E-state index in [4.69, 9.17) is 21.4 Å². The molecule has 0 amide bonds. The second kappa shape index (κ2) is 8.49. The lowest BCUT2D eigenvalue weighted by molar-refractivity contribution is -0.139. The molecule has 1 aromatic heterocycles. The highest BCUT2D eigenvalue weighted by molar-refractivity contribution is 7.98. The van der Waals surface area contributed by atoms with Crippen molar-refractivity contribution in [1.82, 2.24) is 14.3 Å². The van der Waals surface area contributed by atoms with Crippen molar-refractivity contribution in [3.05, 3.63) is 69.6 Å². The lowest BCUT2D eigenvalue weighted by Crippen LogP contribution is -2.23. The maximum atomic E-state index is 14.1. The maximum absolute atomic E-state index is 14.1. The number of aromatic nitrogens is 3. The quantitative estimate of drug-likeness (QED) is 0.586. The van der Waals surface area contributed by atoms with Crippen molar-refractivity contribution in [3.8, 4) is 11.4 Å². The third kappa shape index (κ3) is 4.37. The molecule has 0 radical (unpaired) electrons. The van der Waals surface area contributed by atoms with Crippen LogP contribution in [0.3, 0.4) is 0 Å². The second-order valence-electron chi connectivity index (χ2n) is 5.74. The Morgan fingerprint density at radius 2 is 2.14 bits per heavy atom. The van der Waals surface area contributed by atoms with E-state index in [2.05, 4.69) is 5.10 Å². The Kier molecular flexibility index (Phi) is 6.05. The number of aliphatic carboxylic acids is 1. The summed E-state index contributed by atoms with van der Waals surface area (Å²) < 4.78 is 21.6. The van der Waals surface area contributed by atoms with Crippen molar-refractivity contribution < 1.29 is 19.0 Å². The summed E-state index contributed by atoms with van der Waals surface area (Å²) in [6.45, 7) is 1.38. The number of hydrogen-bond donors (Lipinski definition) is 1. The molecule has 146 valence electrons. The number of rotatable bonds is 7. The monoisotopic (exact) mass is 423 g/mol. The summed E-state index contributed by atoms with van der Waals surface area (Å²) in [5.74, 6) is -1.05. The largest absolute Gasteiger partial charge is 0.482 e. The Bertz CT molecular complexity index is 1080. The predicted octanol–water partition coefficient (Wildman–Crippen LogP) is 3.35. The summed E-state index contributed by atoms with van der Waals surface area (Å²) in [7, 11) is 0. The Morgan fingerprint density at radius 3 is 2.86 bits per heavy atom. The fraction of sp³-hybridized carbons (Fsp3) is 0.167. The van der Waals surface area contributed by atoms with Crippen LogP contribution >= 0.6 is 23.4 Å². The van der Waals surface area contributed by atoms with Crippen molar-refractivity contribution >= 4 is 29.3 Å². The number of hydrogen-bond acceptors (Lipinski definition) is 5. The number of nitrogens with zero attached hydrogens (tertiary/aromatic N) is 3. The van der Waals surface area contributed by atoms with Gasteiger partial charge in [0.15, 0.2) is 12.4 Å². The molecule has 0 saturated carbocycles. The molecule has 0 aliphatic heterocycles. The summed E-state index contributed by atoms with van der Waals surface area (Å²) in [6.07, 6.45) is 1.24. The number of ether oxygens (including phenoxy) is 1. The highest BCUT2D eigenvalue weighted by Crippen LogP contribution is 2.26. The molecule has 3 rings (SSSR count). The van der Waals surface area contributed by atoms with Crippen LogP contribution in [-0.4, -0.2) is 32.0 Å². The van der Waals surface area contributed by atoms with Gasteiger partial charge in [-0.3, -0.25) is 0 Å². The van der Waals surface area contributed by atoms with Crippen molar-refractivity contribution in [2.24, 2.45) is 0 Å². The van der Waals surface area contributed by atoms with Gasteiger partial charge in [0, 0.05) is 4.90 Å². The van der Waals surface area contributed by atoms with Crippen LogP contribution in [0.5, 0.6) is 5.75 Å². The van der Waals surface area contributed by atoms with Crippen molar-refractivity contribution in [3.63, 3.8) is 0 Å². The zero-order valence-electron chi connectivity index (χ0n) is 14.6. The topological polar surface area (TPSA) is 86.4 Å². The number of halogens is 2. The molecule has 0 atom stereocenters. The SMILES string of the molecule is Cc1cc(SCn2ncn(-c3cccc(Cl)c3F)c2=O)ccc1OCC(=O)O. The molecular weight excluding hydrogens is 409 g/mol. The molecule has 0 saturated heterocycles. The average molecular weight is 424 g/mol. The van der Waals surface area contributed by atoms with Crippen molar-refractivity contribution in [2.45, 2.75) is 17.7 Å². The van der Waals surface area contributed by atoms with Gasteiger partial charge in [0.1, 0.15) is 12.1 Å². The number of carboxylic acid groups (broad SMARTS) is 1. The van der Waals surface area contributed by atoms with Gasteiger partial charge in [0.2, 0.25) is 0 Å². The molecule has 28 heavy (non-hydrogen) atoms. The van der Waals surface area contributed by atoms with Crippen molar-refractivity contribution in [1.29, 1.82) is 0 Å². The van der Waals surface area contributed by atoms with Gasteiger partial charge in [-0.1, -0.05) is 17.7 Å². The van der Waals surface area contributed by atoms with E-state index in [1.54, 1.807) is 25.1 Å². The number of carboxylic acids is 1. The van der Waals surface area contributed by atoms with Crippen LogP contribution in [0.25, 0.3) is 5.69 Å². The predicted molar refractivity (Wildman–Crippen MR) is 103 cm³/mol. The lowest BCUT2D eigenvalue weighted by atomic mass is 10.2. The zero-order chi connectivity index (χ0) is 20.3. The molecule has 0 fully saturated rings. The van der Waals surface area contributed by atoms with Gasteiger partial charge in [-0.05, 0) is 42.8 Å². The molecule has 3 aromatic rings. The van der Waals surface area contributed by atoms with Gasteiger partial charge in [-0.2, -0.15) is 5.10 Å². The van der Waals surface area contributed by atoms with E-state index in [1.165, 1.54) is 34.9 Å². The van der Waals surface area contributed by atoms with Gasteiger partial charge in [0.05, 0.1) is 16.6 Å². The number of benzene rings is 2. The van der Waals surface area contributed by atoms with Gasteiger partial charge in [0.25, 0.3) is 0 Å². The van der Waals surface area contributed by atoms with Crippen LogP contribution in [0.1, 0.15) is 5.56 Å². The molecule has 10 heteroatoms. The van der Waals surface area contributed by atoms with E-state index in [-0.39, 0.29) is 16.6 Å². The molecule has 0 unspecified atom stereocenters. The Labute approximate surface area is 168 Å². The molecular formula is C18H15ClFN3O4S. The molecule has 0 aliphatic carbocycles. The van der Waals surface area contributed by atoms with Gasteiger partial charge < -0.3 is 9.84 Å². The third-order valence-electron chi connectivity index (χ3n) is 3.78. The first kappa shape index (κ1) is 20.0. The van der Waals surface area contributed by atoms with E-state index in [1.807, 2.05) is 6.07 Å². The number of carbonyl (C=O) groups is 1. The average Bonchev–Trinajstić information content (AvgIpc) is 3.02. The van der Waals surface area contributed by atoms with E-state index in [0.29, 0.717) is 5.75 Å². The summed E-state index contributed by atoms with van der Waals surface area (Å²) in [4.78, 5) is 23.9. The third-order valence-corrected chi connectivity index (χ3v) is 5.03. The van der Waals surface area contributed by atoms with E-state index < -0.39 is 24.1 Å². The lowest BCUT2D eigenvalue weighted by Gasteiger charge is -2.09. The molecule has 1 N–H and O–H groups in total. The van der Waals surface area contributed by atoms with E-state index >= 15 is 0 Å². The molecule has 7 nitrogen and oxygen atoms in total. The fourth-order valence-corrected chi connectivity index (χ4v) is 3.46. The Hall–Kier alpha value is -2.78. The van der Waals surface area contributed by atoms with Crippen LogP contribution in [0.4, 0.5) is 4.39 Å². The molecule has 0 spiro atoms. The van der Waals surface area contributed by atoms with Crippen LogP contribution in [0.15, 0.2) is 52.4 Å². The molecule has 0 aliphatic rings. The molecule has 0 bridgehead atoms. The molecule has 1 heterocycles. The molecule has 2 aromatic carbocycles. The van der Waals surface area contributed by atoms with Crippen LogP contribution in [-0.2, 0) is 10.7 Å². The Morgan fingerprint density at radius 1 is 1.36 bits per heavy atom. The minimum Gasteiger partial charge on any atom is -0.482 e. The van der Waals surface area contributed by atoms with Crippen LogP contribution < -0.4 is 10.4 Å². The van der Waals surface area contributed by atoms with E-state index in [9.17, 15) is 14.0 Å². The van der Waals surface area contributed by atoms with Gasteiger partial charge in [-0.15, -0.1) is 11.8 Å². The van der Waals surface area contributed by atoms with Gasteiger partial charge in [-0.25, -0.2) is 23.2 Å². The van der Waals surface area contributed by atoms with Crippen molar-refractivity contribution in [2.75, 3.05) is 6.61 Å².